The van der Waals surface area contributed by atoms with E-state index in [4.69, 9.17) is 5.73 Å². The molecule has 2 aromatic rings. The third-order valence-corrected chi connectivity index (χ3v) is 2.95. The van der Waals surface area contributed by atoms with Crippen molar-refractivity contribution in [1.82, 2.24) is 19.8 Å². The van der Waals surface area contributed by atoms with Gasteiger partial charge >= 0.3 is 0 Å². The molecule has 2 N–H and O–H groups in total. The van der Waals surface area contributed by atoms with Gasteiger partial charge in [-0.25, -0.2) is 0 Å². The van der Waals surface area contributed by atoms with Gasteiger partial charge in [0.2, 0.25) is 0 Å². The minimum Gasteiger partial charge on any atom is -0.329 e. The van der Waals surface area contributed by atoms with Crippen molar-refractivity contribution >= 4 is 5.65 Å². The maximum Gasteiger partial charge on any atom is 0.177 e. The minimum atomic E-state index is -0.159. The Morgan fingerprint density at radius 3 is 2.93 bits per heavy atom. The third kappa shape index (κ3) is 1.48. The Kier molecular flexibility index (Phi) is 2.40. The predicted molar refractivity (Wildman–Crippen MR) is 57.5 cm³/mol. The van der Waals surface area contributed by atoms with E-state index in [9.17, 15) is 0 Å². The molecule has 0 saturated heterocycles. The molecule has 0 bridgehead atoms. The molecular formula is C10H15N5. The first-order chi connectivity index (χ1) is 7.21. The van der Waals surface area contributed by atoms with Gasteiger partial charge in [0.05, 0.1) is 0 Å². The molecule has 0 spiro atoms. The van der Waals surface area contributed by atoms with Gasteiger partial charge in [0.25, 0.3) is 0 Å². The summed E-state index contributed by atoms with van der Waals surface area (Å²) in [6.07, 6.45) is 2.65. The summed E-state index contributed by atoms with van der Waals surface area (Å²) in [5.41, 5.74) is 6.40. The first kappa shape index (κ1) is 10.0. The van der Waals surface area contributed by atoms with Crippen LogP contribution in [0, 0.1) is 0 Å². The first-order valence-electron chi connectivity index (χ1n) is 5.08. The second-order valence-corrected chi connectivity index (χ2v) is 3.94. The maximum absolute atomic E-state index is 5.79. The third-order valence-electron chi connectivity index (χ3n) is 2.95. The zero-order valence-electron chi connectivity index (χ0n) is 9.01. The molecule has 1 atom stereocenters. The summed E-state index contributed by atoms with van der Waals surface area (Å²) in [5.74, 6) is 0.836. The molecule has 0 radical (unpaired) electrons. The Bertz CT molecular complexity index is 458. The summed E-state index contributed by atoms with van der Waals surface area (Å²) in [6, 6.07) is 3.73. The molecule has 0 aromatic carbocycles. The van der Waals surface area contributed by atoms with Gasteiger partial charge in [0.1, 0.15) is 0 Å². The molecular weight excluding hydrogens is 190 g/mol. The fourth-order valence-electron chi connectivity index (χ4n) is 1.51. The molecule has 80 valence electrons. The molecule has 5 heteroatoms. The summed E-state index contributed by atoms with van der Waals surface area (Å²) < 4.78 is 1.76. The largest absolute Gasteiger partial charge is 0.329 e. The number of nitrogens with zero attached hydrogens (tertiary/aromatic N) is 4. The van der Waals surface area contributed by atoms with E-state index in [0.717, 1.165) is 17.9 Å². The van der Waals surface area contributed by atoms with Crippen LogP contribution in [0.3, 0.4) is 0 Å². The molecule has 1 unspecified atom stereocenters. The highest BCUT2D eigenvalue weighted by Crippen LogP contribution is 2.24. The molecule has 15 heavy (non-hydrogen) atoms. The average Bonchev–Trinajstić information content (AvgIpc) is 2.72. The number of nitrogens with two attached hydrogens (primary N) is 1. The lowest BCUT2D eigenvalue weighted by molar-refractivity contribution is 0.427. The highest BCUT2D eigenvalue weighted by atomic mass is 15.4. The SMILES string of the molecule is CCC(C)(CN)c1nnc2cccnn12. The van der Waals surface area contributed by atoms with Crippen LogP contribution < -0.4 is 5.73 Å². The van der Waals surface area contributed by atoms with Crippen molar-refractivity contribution in [2.45, 2.75) is 25.7 Å². The molecule has 0 aliphatic heterocycles. The summed E-state index contributed by atoms with van der Waals surface area (Å²) in [4.78, 5) is 0. The quantitative estimate of drug-likeness (QED) is 0.802. The Labute approximate surface area is 88.3 Å². The van der Waals surface area contributed by atoms with Crippen molar-refractivity contribution in [2.24, 2.45) is 5.73 Å². The molecule has 0 aliphatic carbocycles. The Balaban J connectivity index is 2.61. The zero-order valence-corrected chi connectivity index (χ0v) is 9.01. The van der Waals surface area contributed by atoms with Gasteiger partial charge in [-0.15, -0.1) is 10.2 Å². The van der Waals surface area contributed by atoms with Gasteiger partial charge < -0.3 is 5.73 Å². The van der Waals surface area contributed by atoms with Crippen LogP contribution in [0.4, 0.5) is 0 Å². The molecule has 5 nitrogen and oxygen atoms in total. The molecule has 0 aliphatic rings. The van der Waals surface area contributed by atoms with Gasteiger partial charge in [-0.3, -0.25) is 0 Å². The first-order valence-corrected chi connectivity index (χ1v) is 5.08. The van der Waals surface area contributed by atoms with Crippen LogP contribution >= 0.6 is 0 Å². The van der Waals surface area contributed by atoms with Crippen molar-refractivity contribution in [1.29, 1.82) is 0 Å². The topological polar surface area (TPSA) is 69.1 Å². The minimum absolute atomic E-state index is 0.159. The van der Waals surface area contributed by atoms with Crippen molar-refractivity contribution in [3.05, 3.63) is 24.2 Å². The Morgan fingerprint density at radius 2 is 2.27 bits per heavy atom. The second kappa shape index (κ2) is 3.58. The normalized spacial score (nSPS) is 15.4. The average molecular weight is 205 g/mol. The number of hydrogen-bond donors (Lipinski definition) is 1. The monoisotopic (exact) mass is 205 g/mol. The number of fused-ring (bicyclic) bond motifs is 1. The summed E-state index contributed by atoms with van der Waals surface area (Å²) >= 11 is 0. The summed E-state index contributed by atoms with van der Waals surface area (Å²) in [5, 5.41) is 12.5. The fourth-order valence-corrected chi connectivity index (χ4v) is 1.51. The van der Waals surface area contributed by atoms with Crippen molar-refractivity contribution < 1.29 is 0 Å². The van der Waals surface area contributed by atoms with E-state index in [-0.39, 0.29) is 5.41 Å². The van der Waals surface area contributed by atoms with Crippen LogP contribution in [0.1, 0.15) is 26.1 Å². The van der Waals surface area contributed by atoms with Gasteiger partial charge in [-0.2, -0.15) is 9.61 Å². The van der Waals surface area contributed by atoms with Crippen molar-refractivity contribution in [3.8, 4) is 0 Å². The van der Waals surface area contributed by atoms with Crippen molar-refractivity contribution in [3.63, 3.8) is 0 Å². The number of aromatic nitrogens is 4. The second-order valence-electron chi connectivity index (χ2n) is 3.94. The summed E-state index contributed by atoms with van der Waals surface area (Å²) in [6.45, 7) is 4.72. The standard InChI is InChI=1S/C10H15N5/c1-3-10(2,7-11)9-14-13-8-5-4-6-12-15(8)9/h4-6H,3,7,11H2,1-2H3. The Hall–Kier alpha value is -1.49. The van der Waals surface area contributed by atoms with Crippen LogP contribution in [0.15, 0.2) is 18.3 Å². The molecule has 2 rings (SSSR count). The molecule has 0 saturated carbocycles. The van der Waals surface area contributed by atoms with E-state index in [1.165, 1.54) is 0 Å². The lowest BCUT2D eigenvalue weighted by Crippen LogP contribution is -2.33. The van der Waals surface area contributed by atoms with Crippen LogP contribution in [-0.4, -0.2) is 26.4 Å². The van der Waals surface area contributed by atoms with E-state index in [1.807, 2.05) is 12.1 Å². The van der Waals surface area contributed by atoms with Gasteiger partial charge in [-0.05, 0) is 18.6 Å². The highest BCUT2D eigenvalue weighted by Gasteiger charge is 2.28. The molecule has 0 amide bonds. The van der Waals surface area contributed by atoms with Gasteiger partial charge in [-0.1, -0.05) is 13.8 Å². The van der Waals surface area contributed by atoms with Gasteiger partial charge in [0.15, 0.2) is 11.5 Å². The lowest BCUT2D eigenvalue weighted by Gasteiger charge is -2.23. The fraction of sp³-hybridized carbons (Fsp3) is 0.500. The summed E-state index contributed by atoms with van der Waals surface area (Å²) in [7, 11) is 0. The molecule has 2 heterocycles. The number of rotatable bonds is 3. The van der Waals surface area contributed by atoms with E-state index in [0.29, 0.717) is 6.54 Å². The molecule has 0 fully saturated rings. The predicted octanol–water partition coefficient (Wildman–Crippen LogP) is 0.751. The van der Waals surface area contributed by atoms with Crippen LogP contribution in [0.25, 0.3) is 5.65 Å². The Morgan fingerprint density at radius 1 is 1.47 bits per heavy atom. The lowest BCUT2D eigenvalue weighted by atomic mass is 9.87. The zero-order chi connectivity index (χ0) is 10.9. The maximum atomic E-state index is 5.79. The van der Waals surface area contributed by atoms with E-state index in [2.05, 4.69) is 29.1 Å². The highest BCUT2D eigenvalue weighted by molar-refractivity contribution is 5.36. The van der Waals surface area contributed by atoms with E-state index < -0.39 is 0 Å². The van der Waals surface area contributed by atoms with Crippen LogP contribution in [0.5, 0.6) is 0 Å². The van der Waals surface area contributed by atoms with Crippen LogP contribution in [-0.2, 0) is 5.41 Å². The van der Waals surface area contributed by atoms with Crippen molar-refractivity contribution in [2.75, 3.05) is 6.54 Å². The van der Waals surface area contributed by atoms with Gasteiger partial charge in [0, 0.05) is 18.2 Å². The number of hydrogen-bond acceptors (Lipinski definition) is 4. The smallest absolute Gasteiger partial charge is 0.177 e. The van der Waals surface area contributed by atoms with E-state index in [1.54, 1.807) is 10.7 Å². The van der Waals surface area contributed by atoms with Crippen LogP contribution in [0.2, 0.25) is 0 Å². The molecule has 2 aromatic heterocycles. The van der Waals surface area contributed by atoms with E-state index >= 15 is 0 Å².